The molecular weight excluding hydrogens is 344 g/mol. The highest BCUT2D eigenvalue weighted by molar-refractivity contribution is 5.94. The van der Waals surface area contributed by atoms with E-state index in [4.69, 9.17) is 5.73 Å². The minimum absolute atomic E-state index is 0.0782. The molecule has 3 heteroatoms. The molecule has 28 heavy (non-hydrogen) atoms. The van der Waals surface area contributed by atoms with Crippen molar-refractivity contribution in [2.45, 2.75) is 48.0 Å². The first-order valence-corrected chi connectivity index (χ1v) is 9.98. The summed E-state index contributed by atoms with van der Waals surface area (Å²) < 4.78 is 0. The second-order valence-electron chi connectivity index (χ2n) is 7.93. The van der Waals surface area contributed by atoms with Crippen molar-refractivity contribution in [1.82, 2.24) is 4.98 Å². The van der Waals surface area contributed by atoms with Gasteiger partial charge in [0.15, 0.2) is 0 Å². The Hall–Kier alpha value is -2.81. The predicted octanol–water partition coefficient (Wildman–Crippen LogP) is 3.82. The summed E-state index contributed by atoms with van der Waals surface area (Å²) in [6, 6.07) is 8.66. The van der Waals surface area contributed by atoms with Gasteiger partial charge in [0, 0.05) is 22.0 Å². The van der Waals surface area contributed by atoms with Gasteiger partial charge in [0.25, 0.3) is 5.56 Å². The minimum atomic E-state index is -0.0782. The molecule has 0 radical (unpaired) electrons. The standard InChI is InChI=1S/C25H30N2O/c1-7-19-16(5)24-23(17(6)22(19)18-10-8-15(4)9-11-18)21(13-26)20(12-14(2)3)25(28)27-24/h8-14H,7,26H2,1-6H3,(H,27,28)/b20-12+,21-13+. The summed E-state index contributed by atoms with van der Waals surface area (Å²) in [5, 5.41) is 2.52. The molecule has 0 amide bonds. The van der Waals surface area contributed by atoms with Gasteiger partial charge in [-0.2, -0.15) is 0 Å². The maximum absolute atomic E-state index is 12.8. The molecule has 0 saturated carbocycles. The SMILES string of the molecule is CCc1c(-c2ccc(C)cc2)c(C)c2c(=C/N)/c(=C\C(C)C)c(=O)[nH]c2c1C. The third-order valence-corrected chi connectivity index (χ3v) is 5.53. The van der Waals surface area contributed by atoms with E-state index in [9.17, 15) is 4.79 Å². The maximum atomic E-state index is 12.8. The Labute approximate surface area is 166 Å². The fourth-order valence-electron chi connectivity index (χ4n) is 4.22. The summed E-state index contributed by atoms with van der Waals surface area (Å²) in [5.74, 6) is 0.255. The minimum Gasteiger partial charge on any atom is -0.404 e. The van der Waals surface area contributed by atoms with Gasteiger partial charge in [-0.05, 0) is 60.9 Å². The third-order valence-electron chi connectivity index (χ3n) is 5.53. The largest absolute Gasteiger partial charge is 0.404 e. The molecule has 3 rings (SSSR count). The second kappa shape index (κ2) is 7.67. The summed E-state index contributed by atoms with van der Waals surface area (Å²) in [7, 11) is 0. The van der Waals surface area contributed by atoms with Crippen molar-refractivity contribution in [1.29, 1.82) is 0 Å². The van der Waals surface area contributed by atoms with Crippen LogP contribution in [0.5, 0.6) is 0 Å². The zero-order valence-electron chi connectivity index (χ0n) is 17.7. The Bertz CT molecular complexity index is 1210. The first-order valence-electron chi connectivity index (χ1n) is 9.98. The molecule has 3 aromatic rings. The zero-order valence-corrected chi connectivity index (χ0v) is 17.7. The molecule has 2 aromatic carbocycles. The lowest BCUT2D eigenvalue weighted by atomic mass is 9.86. The normalized spacial score (nSPS) is 13.1. The number of nitrogens with one attached hydrogen (secondary N) is 1. The van der Waals surface area contributed by atoms with E-state index in [1.54, 1.807) is 6.20 Å². The molecular formula is C25H30N2O. The van der Waals surface area contributed by atoms with E-state index in [0.717, 1.165) is 33.7 Å². The number of aromatic amines is 1. The summed E-state index contributed by atoms with van der Waals surface area (Å²) in [4.78, 5) is 16.0. The van der Waals surface area contributed by atoms with Gasteiger partial charge in [0.1, 0.15) is 0 Å². The number of pyridine rings is 1. The van der Waals surface area contributed by atoms with Crippen molar-refractivity contribution < 1.29 is 0 Å². The van der Waals surface area contributed by atoms with Crippen molar-refractivity contribution in [2.24, 2.45) is 11.7 Å². The fraction of sp³-hybridized carbons (Fsp3) is 0.320. The Morgan fingerprint density at radius 1 is 1.04 bits per heavy atom. The van der Waals surface area contributed by atoms with E-state index in [0.29, 0.717) is 5.22 Å². The molecule has 0 unspecified atom stereocenters. The molecule has 0 aliphatic rings. The lowest BCUT2D eigenvalue weighted by Gasteiger charge is -2.19. The molecule has 0 saturated heterocycles. The number of benzene rings is 2. The molecule has 1 heterocycles. The van der Waals surface area contributed by atoms with Crippen molar-refractivity contribution >= 4 is 23.2 Å². The van der Waals surface area contributed by atoms with E-state index < -0.39 is 0 Å². The monoisotopic (exact) mass is 374 g/mol. The molecule has 0 fully saturated rings. The highest BCUT2D eigenvalue weighted by atomic mass is 16.1. The van der Waals surface area contributed by atoms with Crippen LogP contribution in [-0.4, -0.2) is 4.98 Å². The number of aromatic nitrogens is 1. The number of fused-ring (bicyclic) bond motifs is 1. The number of rotatable bonds is 3. The number of aryl methyl sites for hydroxylation is 3. The van der Waals surface area contributed by atoms with Gasteiger partial charge in [-0.25, -0.2) is 0 Å². The van der Waals surface area contributed by atoms with Crippen LogP contribution >= 0.6 is 0 Å². The van der Waals surface area contributed by atoms with Gasteiger partial charge < -0.3 is 10.7 Å². The van der Waals surface area contributed by atoms with Gasteiger partial charge in [-0.15, -0.1) is 0 Å². The van der Waals surface area contributed by atoms with E-state index in [2.05, 4.69) is 70.8 Å². The molecule has 3 nitrogen and oxygen atoms in total. The molecule has 146 valence electrons. The van der Waals surface area contributed by atoms with Gasteiger partial charge >= 0.3 is 0 Å². The molecule has 0 aliphatic heterocycles. The first kappa shape index (κ1) is 19.9. The molecule has 0 aliphatic carbocycles. The number of H-pyrrole nitrogens is 1. The quantitative estimate of drug-likeness (QED) is 0.732. The first-order chi connectivity index (χ1) is 13.3. The van der Waals surface area contributed by atoms with Gasteiger partial charge in [0.05, 0.1) is 5.52 Å². The second-order valence-corrected chi connectivity index (χ2v) is 7.93. The highest BCUT2D eigenvalue weighted by Crippen LogP contribution is 2.34. The predicted molar refractivity (Wildman–Crippen MR) is 121 cm³/mol. The number of nitrogens with two attached hydrogens (primary N) is 1. The van der Waals surface area contributed by atoms with Crippen molar-refractivity contribution in [3.63, 3.8) is 0 Å². The van der Waals surface area contributed by atoms with E-state index in [1.165, 1.54) is 22.3 Å². The summed E-state index contributed by atoms with van der Waals surface area (Å²) in [5.41, 5.74) is 14.1. The van der Waals surface area contributed by atoms with Crippen LogP contribution in [0.3, 0.4) is 0 Å². The maximum Gasteiger partial charge on any atom is 0.256 e. The van der Waals surface area contributed by atoms with Crippen molar-refractivity contribution in [2.75, 3.05) is 0 Å². The zero-order chi connectivity index (χ0) is 20.6. The molecule has 1 aromatic heterocycles. The summed E-state index contributed by atoms with van der Waals surface area (Å²) >= 11 is 0. The fourth-order valence-corrected chi connectivity index (χ4v) is 4.22. The van der Waals surface area contributed by atoms with Crippen LogP contribution in [0.1, 0.15) is 43.0 Å². The van der Waals surface area contributed by atoms with Crippen molar-refractivity contribution in [3.05, 3.63) is 67.3 Å². The average Bonchev–Trinajstić information content (AvgIpc) is 2.66. The average molecular weight is 375 g/mol. The van der Waals surface area contributed by atoms with E-state index in [-0.39, 0.29) is 11.5 Å². The molecule has 3 N–H and O–H groups in total. The van der Waals surface area contributed by atoms with Gasteiger partial charge in [-0.1, -0.05) is 56.7 Å². The summed E-state index contributed by atoms with van der Waals surface area (Å²) in [6.45, 7) is 12.6. The third kappa shape index (κ3) is 3.26. The molecule has 0 atom stereocenters. The lowest BCUT2D eigenvalue weighted by Crippen LogP contribution is -2.42. The van der Waals surface area contributed by atoms with Crippen LogP contribution in [0.15, 0.2) is 29.1 Å². The Morgan fingerprint density at radius 2 is 1.68 bits per heavy atom. The Balaban J connectivity index is 2.61. The number of hydrogen-bond acceptors (Lipinski definition) is 2. The van der Waals surface area contributed by atoms with Crippen LogP contribution in [0.2, 0.25) is 0 Å². The van der Waals surface area contributed by atoms with Gasteiger partial charge in [0.2, 0.25) is 0 Å². The van der Waals surface area contributed by atoms with Crippen LogP contribution in [-0.2, 0) is 6.42 Å². The lowest BCUT2D eigenvalue weighted by molar-refractivity contribution is 0.878. The smallest absolute Gasteiger partial charge is 0.256 e. The van der Waals surface area contributed by atoms with E-state index in [1.807, 2.05) is 6.08 Å². The van der Waals surface area contributed by atoms with E-state index >= 15 is 0 Å². The summed E-state index contributed by atoms with van der Waals surface area (Å²) in [6.07, 6.45) is 4.48. The molecule has 0 spiro atoms. The van der Waals surface area contributed by atoms with Crippen LogP contribution in [0.25, 0.3) is 34.3 Å². The molecule has 0 bridgehead atoms. The van der Waals surface area contributed by atoms with Crippen molar-refractivity contribution in [3.8, 4) is 11.1 Å². The topological polar surface area (TPSA) is 58.9 Å². The Kier molecular flexibility index (Phi) is 5.46. The Morgan fingerprint density at radius 3 is 2.21 bits per heavy atom. The number of hydrogen-bond donors (Lipinski definition) is 2. The van der Waals surface area contributed by atoms with Crippen LogP contribution in [0, 0.1) is 26.7 Å². The van der Waals surface area contributed by atoms with Crippen LogP contribution in [0.4, 0.5) is 0 Å². The van der Waals surface area contributed by atoms with Gasteiger partial charge in [-0.3, -0.25) is 4.79 Å². The van der Waals surface area contributed by atoms with Crippen LogP contribution < -0.4 is 21.7 Å². The highest BCUT2D eigenvalue weighted by Gasteiger charge is 2.17.